The Kier molecular flexibility index (Phi) is 8.32. The normalized spacial score (nSPS) is 10.9. The number of nitrogens with one attached hydrogen (secondary N) is 3. The first-order chi connectivity index (χ1) is 15.7. The molecule has 2 aromatic carbocycles. The van der Waals surface area contributed by atoms with E-state index in [1.165, 1.54) is 4.68 Å². The molecule has 3 N–H and O–H groups in total. The van der Waals surface area contributed by atoms with Gasteiger partial charge in [-0.3, -0.25) is 19.8 Å². The van der Waals surface area contributed by atoms with Gasteiger partial charge in [-0.1, -0.05) is 29.3 Å². The first-order valence-corrected chi connectivity index (χ1v) is 11.1. The minimum Gasteiger partial charge on any atom is -0.379 e. The number of ether oxygens (including phenoxy) is 1. The van der Waals surface area contributed by atoms with E-state index in [1.807, 2.05) is 13.8 Å². The number of rotatable bonds is 8. The molecule has 8 nitrogen and oxygen atoms in total. The summed E-state index contributed by atoms with van der Waals surface area (Å²) in [7, 11) is 0. The second kappa shape index (κ2) is 11.2. The van der Waals surface area contributed by atoms with Gasteiger partial charge in [0, 0.05) is 34.3 Å². The van der Waals surface area contributed by atoms with Crippen molar-refractivity contribution in [2.75, 3.05) is 23.9 Å². The summed E-state index contributed by atoms with van der Waals surface area (Å²) in [5.74, 6) is -2.24. The molecule has 0 saturated carbocycles. The molecule has 33 heavy (non-hydrogen) atoms. The average Bonchev–Trinajstić information content (AvgIpc) is 3.10. The molecule has 1 aromatic heterocycles. The molecule has 0 spiro atoms. The number of amides is 3. The van der Waals surface area contributed by atoms with E-state index in [0.717, 1.165) is 0 Å². The number of benzene rings is 2. The van der Waals surface area contributed by atoms with Gasteiger partial charge in [-0.15, -0.1) is 0 Å². The molecule has 0 unspecified atom stereocenters. The highest BCUT2D eigenvalue weighted by atomic mass is 35.5. The number of aromatic nitrogens is 1. The van der Waals surface area contributed by atoms with Gasteiger partial charge in [0.25, 0.3) is 5.91 Å². The van der Waals surface area contributed by atoms with Crippen LogP contribution in [0, 0.1) is 0 Å². The Morgan fingerprint density at radius 3 is 2.48 bits per heavy atom. The van der Waals surface area contributed by atoms with Crippen LogP contribution in [-0.4, -0.2) is 41.7 Å². The zero-order valence-corrected chi connectivity index (χ0v) is 19.7. The second-order valence-electron chi connectivity index (χ2n) is 7.50. The molecule has 174 valence electrons. The third-order valence-electron chi connectivity index (χ3n) is 4.56. The number of anilines is 1. The molecule has 0 aliphatic rings. The van der Waals surface area contributed by atoms with E-state index in [9.17, 15) is 14.4 Å². The van der Waals surface area contributed by atoms with Gasteiger partial charge in [-0.25, -0.2) is 4.68 Å². The molecule has 10 heteroatoms. The molecule has 3 rings (SSSR count). The van der Waals surface area contributed by atoms with Gasteiger partial charge in [0.1, 0.15) is 5.69 Å². The van der Waals surface area contributed by atoms with Crippen molar-refractivity contribution in [2.45, 2.75) is 26.4 Å². The fraction of sp³-hybridized carbons (Fsp3) is 0.261. The lowest BCUT2D eigenvalue weighted by molar-refractivity contribution is -0.136. The number of hydrogen-bond donors (Lipinski definition) is 3. The Hall–Kier alpha value is -3.07. The van der Waals surface area contributed by atoms with Crippen molar-refractivity contribution in [1.82, 2.24) is 9.99 Å². The van der Waals surface area contributed by atoms with Crippen LogP contribution in [0.1, 0.15) is 30.8 Å². The van der Waals surface area contributed by atoms with Crippen LogP contribution in [0.4, 0.5) is 5.69 Å². The number of halogens is 2. The van der Waals surface area contributed by atoms with E-state index in [0.29, 0.717) is 39.7 Å². The molecule has 0 aliphatic carbocycles. The van der Waals surface area contributed by atoms with E-state index in [2.05, 4.69) is 16.1 Å². The smallest absolute Gasteiger partial charge is 0.328 e. The number of nitrogens with zero attached hydrogens (tertiary/aromatic N) is 1. The van der Waals surface area contributed by atoms with Gasteiger partial charge in [-0.2, -0.15) is 0 Å². The highest BCUT2D eigenvalue weighted by Crippen LogP contribution is 2.24. The summed E-state index contributed by atoms with van der Waals surface area (Å²) in [5, 5.41) is 6.82. The monoisotopic (exact) mass is 490 g/mol. The summed E-state index contributed by atoms with van der Waals surface area (Å²) < 4.78 is 6.67. The lowest BCUT2D eigenvalue weighted by atomic mass is 10.2. The molecule has 0 aliphatic heterocycles. The molecule has 0 radical (unpaired) electrons. The molecule has 0 saturated heterocycles. The summed E-state index contributed by atoms with van der Waals surface area (Å²) in [6, 6.07) is 13.2. The van der Waals surface area contributed by atoms with E-state index in [-0.39, 0.29) is 18.3 Å². The van der Waals surface area contributed by atoms with Crippen molar-refractivity contribution in [2.24, 2.45) is 0 Å². The molecule has 3 aromatic rings. The quantitative estimate of drug-likeness (QED) is 0.325. The molecule has 3 amide bonds. The van der Waals surface area contributed by atoms with E-state index < -0.39 is 17.7 Å². The summed E-state index contributed by atoms with van der Waals surface area (Å²) >= 11 is 12.1. The van der Waals surface area contributed by atoms with Crippen LogP contribution >= 0.6 is 23.2 Å². The third-order valence-corrected chi connectivity index (χ3v) is 5.03. The maximum atomic E-state index is 13.0. The largest absolute Gasteiger partial charge is 0.379 e. The highest BCUT2D eigenvalue weighted by Gasteiger charge is 2.21. The van der Waals surface area contributed by atoms with Gasteiger partial charge in [-0.05, 0) is 62.7 Å². The van der Waals surface area contributed by atoms with Crippen LogP contribution < -0.4 is 16.1 Å². The van der Waals surface area contributed by atoms with E-state index >= 15 is 0 Å². The van der Waals surface area contributed by atoms with Crippen molar-refractivity contribution >= 4 is 57.5 Å². The molecule has 1 heterocycles. The van der Waals surface area contributed by atoms with Crippen LogP contribution in [0.3, 0.4) is 0 Å². The van der Waals surface area contributed by atoms with Crippen molar-refractivity contribution in [3.05, 3.63) is 64.3 Å². The predicted molar refractivity (Wildman–Crippen MR) is 129 cm³/mol. The molecule has 0 bridgehead atoms. The van der Waals surface area contributed by atoms with E-state index in [1.54, 1.807) is 48.5 Å². The van der Waals surface area contributed by atoms with Crippen molar-refractivity contribution in [1.29, 1.82) is 0 Å². The summed E-state index contributed by atoms with van der Waals surface area (Å²) in [4.78, 5) is 37.8. The lowest BCUT2D eigenvalue weighted by Crippen LogP contribution is -2.40. The van der Waals surface area contributed by atoms with Crippen LogP contribution in [0.15, 0.2) is 48.5 Å². The van der Waals surface area contributed by atoms with Crippen LogP contribution in [0.5, 0.6) is 0 Å². The van der Waals surface area contributed by atoms with Crippen molar-refractivity contribution in [3.8, 4) is 0 Å². The number of fused-ring (bicyclic) bond motifs is 1. The minimum atomic E-state index is -0.913. The Morgan fingerprint density at radius 2 is 1.76 bits per heavy atom. The van der Waals surface area contributed by atoms with Crippen LogP contribution in [0.25, 0.3) is 10.9 Å². The van der Waals surface area contributed by atoms with Gasteiger partial charge in [0.2, 0.25) is 0 Å². The number of hydrogen-bond acceptors (Lipinski definition) is 4. The molecule has 0 fully saturated rings. The Bertz CT molecular complexity index is 1180. The summed E-state index contributed by atoms with van der Waals surface area (Å²) in [5.41, 5.74) is 3.59. The zero-order chi connectivity index (χ0) is 24.0. The first kappa shape index (κ1) is 24.6. The van der Waals surface area contributed by atoms with Gasteiger partial charge in [0.15, 0.2) is 0 Å². The number of carbonyl (C=O) groups excluding carboxylic acids is 3. The Labute approximate surface area is 201 Å². The summed E-state index contributed by atoms with van der Waals surface area (Å²) in [6.45, 7) is 4.58. The average molecular weight is 491 g/mol. The summed E-state index contributed by atoms with van der Waals surface area (Å²) in [6.07, 6.45) is 0.658. The standard InChI is InChI=1S/C23H24Cl2N4O4/c1-14(2)33-10-4-9-26-22(31)23(32)28-29-19-8-7-17(25)11-15(19)12-20(29)21(30)27-18-6-3-5-16(24)13-18/h3,5-8,11-14H,4,9-10H2,1-2H3,(H,26,31)(H,27,30)(H,28,32). The first-order valence-electron chi connectivity index (χ1n) is 10.3. The third kappa shape index (κ3) is 6.71. The predicted octanol–water partition coefficient (Wildman–Crippen LogP) is 4.20. The van der Waals surface area contributed by atoms with Crippen molar-refractivity contribution in [3.63, 3.8) is 0 Å². The van der Waals surface area contributed by atoms with Gasteiger partial charge >= 0.3 is 11.8 Å². The van der Waals surface area contributed by atoms with Crippen LogP contribution in [0.2, 0.25) is 10.0 Å². The lowest BCUT2D eigenvalue weighted by Gasteiger charge is -2.13. The maximum absolute atomic E-state index is 13.0. The molecular weight excluding hydrogens is 467 g/mol. The highest BCUT2D eigenvalue weighted by molar-refractivity contribution is 6.38. The van der Waals surface area contributed by atoms with Crippen molar-refractivity contribution < 1.29 is 19.1 Å². The SMILES string of the molecule is CC(C)OCCCNC(=O)C(=O)Nn1c(C(=O)Nc2cccc(Cl)c2)cc2cc(Cl)ccc21. The zero-order valence-electron chi connectivity index (χ0n) is 18.2. The Morgan fingerprint density at radius 1 is 1.00 bits per heavy atom. The molecule has 0 atom stereocenters. The fourth-order valence-corrected chi connectivity index (χ4v) is 3.43. The topological polar surface area (TPSA) is 101 Å². The van der Waals surface area contributed by atoms with Gasteiger partial charge in [0.05, 0.1) is 11.6 Å². The Balaban J connectivity index is 1.77. The number of carbonyl (C=O) groups is 3. The molecular formula is C23H24Cl2N4O4. The van der Waals surface area contributed by atoms with Gasteiger partial charge < -0.3 is 15.4 Å². The van der Waals surface area contributed by atoms with E-state index in [4.69, 9.17) is 27.9 Å². The fourth-order valence-electron chi connectivity index (χ4n) is 3.06. The maximum Gasteiger partial charge on any atom is 0.328 e. The van der Waals surface area contributed by atoms with Crippen LogP contribution in [-0.2, 0) is 14.3 Å². The second-order valence-corrected chi connectivity index (χ2v) is 8.38. The minimum absolute atomic E-state index is 0.0935.